The highest BCUT2D eigenvalue weighted by Gasteiger charge is 1.99. The zero-order valence-electron chi connectivity index (χ0n) is 10.5. The number of carbonyl (C=O) groups is 1. The van der Waals surface area contributed by atoms with E-state index in [2.05, 4.69) is 5.32 Å². The zero-order chi connectivity index (χ0) is 13.1. The molecule has 0 aliphatic carbocycles. The van der Waals surface area contributed by atoms with Crippen molar-refractivity contribution in [2.45, 2.75) is 25.7 Å². The number of amides is 1. The van der Waals surface area contributed by atoms with Crippen molar-refractivity contribution in [3.63, 3.8) is 0 Å². The summed E-state index contributed by atoms with van der Waals surface area (Å²) in [6, 6.07) is 9.67. The fraction of sp³-hybridized carbons (Fsp3) is 0.500. The molecule has 0 atom stereocenters. The van der Waals surface area contributed by atoms with Crippen molar-refractivity contribution in [3.05, 3.63) is 30.3 Å². The van der Waals surface area contributed by atoms with Crippen molar-refractivity contribution in [3.8, 4) is 5.75 Å². The third-order valence-electron chi connectivity index (χ3n) is 2.44. The monoisotopic (exact) mass is 269 g/mol. The predicted octanol–water partition coefficient (Wildman–Crippen LogP) is 2.98. The van der Waals surface area contributed by atoms with Crippen molar-refractivity contribution in [2.75, 3.05) is 19.0 Å². The Hall–Kier alpha value is -1.22. The molecule has 1 aromatic carbocycles. The summed E-state index contributed by atoms with van der Waals surface area (Å²) in [6.45, 7) is 1.28. The number of unbranched alkanes of at least 4 members (excludes halogenated alkanes) is 1. The molecule has 0 aliphatic heterocycles. The smallest absolute Gasteiger partial charge is 0.219 e. The quantitative estimate of drug-likeness (QED) is 0.553. The fourth-order valence-electron chi connectivity index (χ4n) is 1.48. The summed E-state index contributed by atoms with van der Waals surface area (Å²) in [5.74, 6) is 1.59. The van der Waals surface area contributed by atoms with Gasteiger partial charge < -0.3 is 10.1 Å². The number of hydrogen-bond donors (Lipinski definition) is 1. The van der Waals surface area contributed by atoms with Crippen LogP contribution in [0.2, 0.25) is 0 Å². The van der Waals surface area contributed by atoms with Crippen LogP contribution >= 0.6 is 11.6 Å². The molecule has 0 heterocycles. The molecule has 1 amide bonds. The topological polar surface area (TPSA) is 38.3 Å². The fourth-order valence-corrected chi connectivity index (χ4v) is 1.66. The first-order chi connectivity index (χ1) is 8.83. The number of rotatable bonds is 9. The molecular formula is C14H20ClNO2. The molecule has 0 radical (unpaired) electrons. The second kappa shape index (κ2) is 9.77. The van der Waals surface area contributed by atoms with Crippen LogP contribution in [0.1, 0.15) is 25.7 Å². The van der Waals surface area contributed by atoms with E-state index in [0.29, 0.717) is 25.5 Å². The number of nitrogens with one attached hydrogen (secondary N) is 1. The van der Waals surface area contributed by atoms with Gasteiger partial charge in [-0.25, -0.2) is 0 Å². The molecule has 3 nitrogen and oxygen atoms in total. The normalized spacial score (nSPS) is 10.1. The van der Waals surface area contributed by atoms with Gasteiger partial charge in [0, 0.05) is 18.8 Å². The van der Waals surface area contributed by atoms with Crippen molar-refractivity contribution in [2.24, 2.45) is 0 Å². The van der Waals surface area contributed by atoms with Crippen LogP contribution in [0, 0.1) is 0 Å². The van der Waals surface area contributed by atoms with Gasteiger partial charge in [-0.2, -0.15) is 0 Å². The van der Waals surface area contributed by atoms with E-state index in [1.54, 1.807) is 0 Å². The van der Waals surface area contributed by atoms with E-state index in [-0.39, 0.29) is 5.91 Å². The first-order valence-corrected chi connectivity index (χ1v) is 6.87. The van der Waals surface area contributed by atoms with Crippen LogP contribution in [-0.2, 0) is 4.79 Å². The molecule has 0 aliphatic rings. The van der Waals surface area contributed by atoms with Gasteiger partial charge in [-0.05, 0) is 31.4 Å². The van der Waals surface area contributed by atoms with E-state index < -0.39 is 0 Å². The summed E-state index contributed by atoms with van der Waals surface area (Å²) in [6.07, 6.45) is 3.13. The Labute approximate surface area is 113 Å². The lowest BCUT2D eigenvalue weighted by atomic mass is 10.2. The Morgan fingerprint density at radius 3 is 2.67 bits per heavy atom. The van der Waals surface area contributed by atoms with Crippen LogP contribution < -0.4 is 10.1 Å². The van der Waals surface area contributed by atoms with E-state index in [9.17, 15) is 4.79 Å². The second-order valence-electron chi connectivity index (χ2n) is 4.01. The maximum Gasteiger partial charge on any atom is 0.219 e. The van der Waals surface area contributed by atoms with Crippen molar-refractivity contribution < 1.29 is 9.53 Å². The SMILES string of the molecule is O=C(CCCCCl)NCCCOc1ccccc1. The summed E-state index contributed by atoms with van der Waals surface area (Å²) in [5, 5.41) is 2.87. The Bertz CT molecular complexity index is 330. The van der Waals surface area contributed by atoms with Crippen molar-refractivity contribution >= 4 is 17.5 Å². The van der Waals surface area contributed by atoms with Gasteiger partial charge in [0.25, 0.3) is 0 Å². The lowest BCUT2D eigenvalue weighted by Crippen LogP contribution is -2.25. The molecule has 0 unspecified atom stereocenters. The molecule has 0 saturated carbocycles. The number of hydrogen-bond acceptors (Lipinski definition) is 2. The van der Waals surface area contributed by atoms with Crippen LogP contribution in [0.4, 0.5) is 0 Å². The number of benzene rings is 1. The second-order valence-corrected chi connectivity index (χ2v) is 4.39. The summed E-state index contributed by atoms with van der Waals surface area (Å²) < 4.78 is 5.52. The van der Waals surface area contributed by atoms with Crippen LogP contribution in [0.25, 0.3) is 0 Å². The largest absolute Gasteiger partial charge is 0.494 e. The molecule has 1 N–H and O–H groups in total. The minimum absolute atomic E-state index is 0.0971. The van der Waals surface area contributed by atoms with Crippen molar-refractivity contribution in [1.82, 2.24) is 5.32 Å². The molecule has 1 aromatic rings. The molecular weight excluding hydrogens is 250 g/mol. The number of para-hydroxylation sites is 1. The maximum atomic E-state index is 11.4. The van der Waals surface area contributed by atoms with E-state index in [1.165, 1.54) is 0 Å². The molecule has 100 valence electrons. The van der Waals surface area contributed by atoms with Gasteiger partial charge in [0.2, 0.25) is 5.91 Å². The Morgan fingerprint density at radius 1 is 1.17 bits per heavy atom. The van der Waals surface area contributed by atoms with Gasteiger partial charge in [0.15, 0.2) is 0 Å². The van der Waals surface area contributed by atoms with E-state index in [4.69, 9.17) is 16.3 Å². The number of halogens is 1. The van der Waals surface area contributed by atoms with Gasteiger partial charge in [0.05, 0.1) is 6.61 Å². The number of carbonyl (C=O) groups excluding carboxylic acids is 1. The van der Waals surface area contributed by atoms with Crippen LogP contribution in [0.5, 0.6) is 5.75 Å². The molecule has 0 saturated heterocycles. The zero-order valence-corrected chi connectivity index (χ0v) is 11.3. The van der Waals surface area contributed by atoms with Gasteiger partial charge >= 0.3 is 0 Å². The van der Waals surface area contributed by atoms with E-state index in [0.717, 1.165) is 25.0 Å². The average Bonchev–Trinajstić information content (AvgIpc) is 2.40. The number of ether oxygens (including phenoxy) is 1. The number of alkyl halides is 1. The lowest BCUT2D eigenvalue weighted by molar-refractivity contribution is -0.121. The highest BCUT2D eigenvalue weighted by atomic mass is 35.5. The Kier molecular flexibility index (Phi) is 8.06. The Balaban J connectivity index is 1.97. The highest BCUT2D eigenvalue weighted by molar-refractivity contribution is 6.17. The van der Waals surface area contributed by atoms with Gasteiger partial charge in [-0.3, -0.25) is 4.79 Å². The van der Waals surface area contributed by atoms with Crippen LogP contribution in [0.15, 0.2) is 30.3 Å². The predicted molar refractivity (Wildman–Crippen MR) is 74.1 cm³/mol. The molecule has 1 rings (SSSR count). The van der Waals surface area contributed by atoms with E-state index in [1.807, 2.05) is 30.3 Å². The molecule has 4 heteroatoms. The summed E-state index contributed by atoms with van der Waals surface area (Å²) >= 11 is 5.54. The Morgan fingerprint density at radius 2 is 1.94 bits per heavy atom. The third-order valence-corrected chi connectivity index (χ3v) is 2.71. The van der Waals surface area contributed by atoms with Gasteiger partial charge in [-0.1, -0.05) is 18.2 Å². The average molecular weight is 270 g/mol. The lowest BCUT2D eigenvalue weighted by Gasteiger charge is -2.07. The van der Waals surface area contributed by atoms with Crippen LogP contribution in [-0.4, -0.2) is 24.9 Å². The minimum atomic E-state index is 0.0971. The van der Waals surface area contributed by atoms with E-state index >= 15 is 0 Å². The van der Waals surface area contributed by atoms with Crippen LogP contribution in [0.3, 0.4) is 0 Å². The first-order valence-electron chi connectivity index (χ1n) is 6.33. The van der Waals surface area contributed by atoms with Crippen molar-refractivity contribution in [1.29, 1.82) is 0 Å². The molecule has 0 aromatic heterocycles. The minimum Gasteiger partial charge on any atom is -0.494 e. The highest BCUT2D eigenvalue weighted by Crippen LogP contribution is 2.08. The molecule has 18 heavy (non-hydrogen) atoms. The molecule has 0 spiro atoms. The standard InChI is InChI=1S/C14H20ClNO2/c15-10-5-4-9-14(17)16-11-6-12-18-13-7-2-1-3-8-13/h1-3,7-8H,4-6,9-12H2,(H,16,17). The first kappa shape index (κ1) is 14.8. The van der Waals surface area contributed by atoms with Gasteiger partial charge in [0.1, 0.15) is 5.75 Å². The summed E-state index contributed by atoms with van der Waals surface area (Å²) in [4.78, 5) is 11.4. The molecule has 0 bridgehead atoms. The summed E-state index contributed by atoms with van der Waals surface area (Å²) in [5.41, 5.74) is 0. The third kappa shape index (κ3) is 7.17. The maximum absolute atomic E-state index is 11.4. The van der Waals surface area contributed by atoms with Gasteiger partial charge in [-0.15, -0.1) is 11.6 Å². The summed E-state index contributed by atoms with van der Waals surface area (Å²) in [7, 11) is 0. The molecule has 0 fully saturated rings.